The second-order valence-electron chi connectivity index (χ2n) is 7.81. The first kappa shape index (κ1) is 17.6. The molecule has 0 radical (unpaired) electrons. The number of rotatable bonds is 7. The van der Waals surface area contributed by atoms with Gasteiger partial charge in [-0.05, 0) is 62.2 Å². The van der Waals surface area contributed by atoms with Crippen molar-refractivity contribution in [3.63, 3.8) is 0 Å². The highest BCUT2D eigenvalue weighted by molar-refractivity contribution is 5.01. The Hall–Kier alpha value is -0.770. The van der Waals surface area contributed by atoms with Crippen molar-refractivity contribution in [1.82, 2.24) is 0 Å². The normalized spacial score (nSPS) is 32.9. The maximum atomic E-state index is 8.51. The summed E-state index contributed by atoms with van der Waals surface area (Å²) in [7, 11) is 0. The molecule has 0 aliphatic heterocycles. The van der Waals surface area contributed by atoms with Gasteiger partial charge in [0.2, 0.25) is 0 Å². The van der Waals surface area contributed by atoms with Crippen molar-refractivity contribution >= 4 is 0 Å². The number of nitrogens with zero attached hydrogens (tertiary/aromatic N) is 1. The summed E-state index contributed by atoms with van der Waals surface area (Å²) in [4.78, 5) is 0. The van der Waals surface area contributed by atoms with Gasteiger partial charge in [-0.3, -0.25) is 0 Å². The molecule has 0 unspecified atom stereocenters. The Bertz CT molecular complexity index is 349. The van der Waals surface area contributed by atoms with Gasteiger partial charge in [0.15, 0.2) is 0 Å². The first-order valence-corrected chi connectivity index (χ1v) is 9.88. The fraction of sp³-hybridized carbons (Fsp3) is 0.857. The van der Waals surface area contributed by atoms with E-state index in [4.69, 9.17) is 5.26 Å². The Kier molecular flexibility index (Phi) is 8.06. The van der Waals surface area contributed by atoms with Crippen LogP contribution >= 0.6 is 0 Å². The van der Waals surface area contributed by atoms with Crippen LogP contribution in [-0.4, -0.2) is 0 Å². The van der Waals surface area contributed by atoms with Crippen LogP contribution in [0.25, 0.3) is 0 Å². The molecule has 2 rings (SSSR count). The quantitative estimate of drug-likeness (QED) is 0.483. The predicted octanol–water partition coefficient (Wildman–Crippen LogP) is 6.65. The van der Waals surface area contributed by atoms with Crippen molar-refractivity contribution in [1.29, 1.82) is 5.26 Å². The van der Waals surface area contributed by atoms with Gasteiger partial charge in [0.05, 0.1) is 6.07 Å². The second-order valence-corrected chi connectivity index (χ2v) is 7.81. The van der Waals surface area contributed by atoms with E-state index in [1.165, 1.54) is 77.0 Å². The van der Waals surface area contributed by atoms with Crippen molar-refractivity contribution in [2.24, 2.45) is 23.7 Å². The molecule has 124 valence electrons. The topological polar surface area (TPSA) is 23.8 Å². The number of allylic oxidation sites excluding steroid dienone is 2. The van der Waals surface area contributed by atoms with E-state index in [-0.39, 0.29) is 0 Å². The minimum atomic E-state index is 0.931. The highest BCUT2D eigenvalue weighted by Crippen LogP contribution is 2.43. The van der Waals surface area contributed by atoms with Crippen molar-refractivity contribution in [2.45, 2.75) is 90.4 Å². The smallest absolute Gasteiger partial charge is 0.0908 e. The molecule has 0 amide bonds. The van der Waals surface area contributed by atoms with Gasteiger partial charge in [0, 0.05) is 6.08 Å². The lowest BCUT2D eigenvalue weighted by Gasteiger charge is -2.38. The average Bonchev–Trinajstić information content (AvgIpc) is 2.58. The predicted molar refractivity (Wildman–Crippen MR) is 94.4 cm³/mol. The van der Waals surface area contributed by atoms with Crippen LogP contribution in [0.2, 0.25) is 0 Å². The minimum absolute atomic E-state index is 0.931. The zero-order valence-electron chi connectivity index (χ0n) is 14.6. The molecule has 0 bridgehead atoms. The molecule has 2 saturated carbocycles. The van der Waals surface area contributed by atoms with Gasteiger partial charge in [-0.1, -0.05) is 57.9 Å². The summed E-state index contributed by atoms with van der Waals surface area (Å²) in [6.07, 6.45) is 22.3. The van der Waals surface area contributed by atoms with Crippen molar-refractivity contribution < 1.29 is 0 Å². The molecule has 0 aromatic heterocycles. The monoisotopic (exact) mass is 301 g/mol. The molecular formula is C21H35N. The first-order valence-electron chi connectivity index (χ1n) is 9.88. The van der Waals surface area contributed by atoms with Crippen LogP contribution in [0.5, 0.6) is 0 Å². The third kappa shape index (κ3) is 5.79. The Balaban J connectivity index is 1.61. The molecule has 0 heterocycles. The van der Waals surface area contributed by atoms with E-state index in [0.29, 0.717) is 0 Å². The number of hydrogen-bond acceptors (Lipinski definition) is 1. The van der Waals surface area contributed by atoms with E-state index >= 15 is 0 Å². The highest BCUT2D eigenvalue weighted by atomic mass is 14.4. The molecule has 2 aliphatic carbocycles. The van der Waals surface area contributed by atoms with Crippen LogP contribution in [0.15, 0.2) is 12.2 Å². The van der Waals surface area contributed by atoms with E-state index in [0.717, 1.165) is 30.1 Å². The third-order valence-corrected chi connectivity index (χ3v) is 6.35. The lowest BCUT2D eigenvalue weighted by Crippen LogP contribution is -2.25. The maximum Gasteiger partial charge on any atom is 0.0908 e. The van der Waals surface area contributed by atoms with Gasteiger partial charge in [-0.2, -0.15) is 5.26 Å². The second kappa shape index (κ2) is 10.1. The SMILES string of the molecule is CCCCC1CCC(C2CCC(CC/C=C/C#N)CC2)CC1. The Labute approximate surface area is 138 Å². The van der Waals surface area contributed by atoms with Gasteiger partial charge in [-0.15, -0.1) is 0 Å². The molecule has 0 aromatic rings. The standard InChI is InChI=1S/C21H35N/c1-2-3-7-18-9-13-20(14-10-18)21-15-11-19(12-16-21)8-5-4-6-17-22/h4,6,18-21H,2-3,5,7-16H2,1H3/b6-4+. The first-order chi connectivity index (χ1) is 10.8. The van der Waals surface area contributed by atoms with Crippen LogP contribution in [0.3, 0.4) is 0 Å². The molecule has 0 saturated heterocycles. The van der Waals surface area contributed by atoms with Crippen LogP contribution in [-0.2, 0) is 0 Å². The average molecular weight is 302 g/mol. The lowest BCUT2D eigenvalue weighted by molar-refractivity contribution is 0.141. The maximum absolute atomic E-state index is 8.51. The third-order valence-electron chi connectivity index (χ3n) is 6.35. The molecule has 2 aliphatic rings. The fourth-order valence-electron chi connectivity index (χ4n) is 4.86. The zero-order valence-corrected chi connectivity index (χ0v) is 14.6. The number of unbranched alkanes of at least 4 members (excludes halogenated alkanes) is 1. The molecule has 0 aromatic carbocycles. The Morgan fingerprint density at radius 1 is 0.864 bits per heavy atom. The fourth-order valence-corrected chi connectivity index (χ4v) is 4.86. The highest BCUT2D eigenvalue weighted by Gasteiger charge is 2.30. The van der Waals surface area contributed by atoms with Crippen molar-refractivity contribution in [3.05, 3.63) is 12.2 Å². The number of nitriles is 1. The van der Waals surface area contributed by atoms with Crippen LogP contribution in [0.1, 0.15) is 90.4 Å². The number of hydrogen-bond donors (Lipinski definition) is 0. The zero-order chi connectivity index (χ0) is 15.6. The summed E-state index contributed by atoms with van der Waals surface area (Å²) in [6.45, 7) is 2.32. The van der Waals surface area contributed by atoms with Gasteiger partial charge >= 0.3 is 0 Å². The molecule has 0 spiro atoms. The van der Waals surface area contributed by atoms with E-state index in [1.54, 1.807) is 6.08 Å². The van der Waals surface area contributed by atoms with Gasteiger partial charge in [0.25, 0.3) is 0 Å². The molecule has 0 N–H and O–H groups in total. The summed E-state index contributed by atoms with van der Waals surface area (Å²) in [5, 5.41) is 8.51. The van der Waals surface area contributed by atoms with Gasteiger partial charge in [-0.25, -0.2) is 0 Å². The van der Waals surface area contributed by atoms with E-state index in [1.807, 2.05) is 6.08 Å². The van der Waals surface area contributed by atoms with Crippen LogP contribution < -0.4 is 0 Å². The lowest BCUT2D eigenvalue weighted by atomic mass is 9.68. The van der Waals surface area contributed by atoms with E-state index in [9.17, 15) is 0 Å². The molecule has 22 heavy (non-hydrogen) atoms. The molecule has 1 nitrogen and oxygen atoms in total. The van der Waals surface area contributed by atoms with Crippen LogP contribution in [0.4, 0.5) is 0 Å². The van der Waals surface area contributed by atoms with Crippen LogP contribution in [0, 0.1) is 35.0 Å². The van der Waals surface area contributed by atoms with Gasteiger partial charge < -0.3 is 0 Å². The van der Waals surface area contributed by atoms with E-state index in [2.05, 4.69) is 13.0 Å². The largest absolute Gasteiger partial charge is 0.193 e. The molecule has 0 atom stereocenters. The summed E-state index contributed by atoms with van der Waals surface area (Å²) in [5.74, 6) is 4.08. The summed E-state index contributed by atoms with van der Waals surface area (Å²) < 4.78 is 0. The Morgan fingerprint density at radius 2 is 1.41 bits per heavy atom. The van der Waals surface area contributed by atoms with Crippen molar-refractivity contribution in [3.8, 4) is 6.07 Å². The summed E-state index contributed by atoms with van der Waals surface area (Å²) in [6, 6.07) is 2.09. The van der Waals surface area contributed by atoms with Crippen molar-refractivity contribution in [2.75, 3.05) is 0 Å². The molecule has 1 heteroatoms. The van der Waals surface area contributed by atoms with Gasteiger partial charge in [0.1, 0.15) is 0 Å². The molecular weight excluding hydrogens is 266 g/mol. The minimum Gasteiger partial charge on any atom is -0.193 e. The molecule has 2 fully saturated rings. The summed E-state index contributed by atoms with van der Waals surface area (Å²) >= 11 is 0. The Morgan fingerprint density at radius 3 is 1.91 bits per heavy atom. The summed E-state index contributed by atoms with van der Waals surface area (Å²) in [5.41, 5.74) is 0. The van der Waals surface area contributed by atoms with E-state index < -0.39 is 0 Å².